The number of aryl methyl sites for hydroxylation is 1. The maximum Gasteiger partial charge on any atom is 0.123 e. The number of hydrogen-bond donors (Lipinski definition) is 3. The molecule has 0 saturated heterocycles. The summed E-state index contributed by atoms with van der Waals surface area (Å²) in [4.78, 5) is 0. The van der Waals surface area contributed by atoms with Crippen LogP contribution in [0.2, 0.25) is 0 Å². The molecule has 0 radical (unpaired) electrons. The van der Waals surface area contributed by atoms with Crippen LogP contribution < -0.4 is 0 Å². The van der Waals surface area contributed by atoms with E-state index in [-0.39, 0.29) is 13.0 Å². The molecule has 3 nitrogen and oxygen atoms in total. The van der Waals surface area contributed by atoms with Crippen molar-refractivity contribution in [1.29, 1.82) is 0 Å². The first-order valence-corrected chi connectivity index (χ1v) is 4.78. The Kier molecular flexibility index (Phi) is 4.20. The number of aliphatic hydroxyl groups excluding tert-OH is 3. The van der Waals surface area contributed by atoms with Crippen molar-refractivity contribution in [2.24, 2.45) is 0 Å². The van der Waals surface area contributed by atoms with Crippen LogP contribution in [0.4, 0.5) is 4.39 Å². The van der Waals surface area contributed by atoms with Gasteiger partial charge in [0.1, 0.15) is 11.9 Å². The highest BCUT2D eigenvalue weighted by Crippen LogP contribution is 2.21. The molecular weight excluding hydrogens is 199 g/mol. The largest absolute Gasteiger partial charge is 0.396 e. The standard InChI is InChI=1S/C11H15FO3/c1-7-4-8(6-9(12)5-7)11(15)10(14)2-3-13/h4-6,10-11,13-15H,2-3H2,1H3. The van der Waals surface area contributed by atoms with Crippen molar-refractivity contribution in [3.8, 4) is 0 Å². The van der Waals surface area contributed by atoms with Crippen LogP contribution in [0.1, 0.15) is 23.7 Å². The van der Waals surface area contributed by atoms with Gasteiger partial charge in [0.15, 0.2) is 0 Å². The van der Waals surface area contributed by atoms with E-state index in [9.17, 15) is 14.6 Å². The van der Waals surface area contributed by atoms with Gasteiger partial charge in [0.05, 0.1) is 6.10 Å². The molecule has 0 aromatic heterocycles. The molecule has 0 fully saturated rings. The van der Waals surface area contributed by atoms with Crippen molar-refractivity contribution < 1.29 is 19.7 Å². The SMILES string of the molecule is Cc1cc(F)cc(C(O)C(O)CCO)c1. The molecule has 4 heteroatoms. The lowest BCUT2D eigenvalue weighted by Gasteiger charge is -2.17. The molecule has 2 atom stereocenters. The second-order valence-electron chi connectivity index (χ2n) is 3.59. The van der Waals surface area contributed by atoms with Gasteiger partial charge in [-0.1, -0.05) is 6.07 Å². The number of aliphatic hydroxyl groups is 3. The minimum absolute atomic E-state index is 0.0662. The fourth-order valence-electron chi connectivity index (χ4n) is 1.45. The molecular formula is C11H15FO3. The second kappa shape index (κ2) is 5.21. The fourth-order valence-corrected chi connectivity index (χ4v) is 1.45. The Morgan fingerprint density at radius 2 is 1.93 bits per heavy atom. The number of halogens is 1. The van der Waals surface area contributed by atoms with E-state index in [1.54, 1.807) is 13.0 Å². The van der Waals surface area contributed by atoms with E-state index in [1.807, 2.05) is 0 Å². The average molecular weight is 214 g/mol. The highest BCUT2D eigenvalue weighted by atomic mass is 19.1. The van der Waals surface area contributed by atoms with Gasteiger partial charge in [0.2, 0.25) is 0 Å². The summed E-state index contributed by atoms with van der Waals surface area (Å²) in [7, 11) is 0. The monoisotopic (exact) mass is 214 g/mol. The first-order valence-electron chi connectivity index (χ1n) is 4.78. The molecule has 2 unspecified atom stereocenters. The van der Waals surface area contributed by atoms with Crippen LogP contribution in [0.5, 0.6) is 0 Å². The molecule has 0 aliphatic rings. The molecule has 0 bridgehead atoms. The molecule has 15 heavy (non-hydrogen) atoms. The van der Waals surface area contributed by atoms with E-state index in [0.29, 0.717) is 11.1 Å². The highest BCUT2D eigenvalue weighted by molar-refractivity contribution is 5.25. The Morgan fingerprint density at radius 1 is 1.27 bits per heavy atom. The third-order valence-electron chi connectivity index (χ3n) is 2.20. The summed E-state index contributed by atoms with van der Waals surface area (Å²) in [5.41, 5.74) is 1.01. The Balaban J connectivity index is 2.85. The summed E-state index contributed by atoms with van der Waals surface area (Å²) >= 11 is 0. The molecule has 0 spiro atoms. The van der Waals surface area contributed by atoms with Crippen molar-refractivity contribution in [1.82, 2.24) is 0 Å². The molecule has 1 aromatic rings. The van der Waals surface area contributed by atoms with Crippen LogP contribution >= 0.6 is 0 Å². The van der Waals surface area contributed by atoms with Crippen molar-refractivity contribution in [2.75, 3.05) is 6.61 Å². The van der Waals surface area contributed by atoms with Gasteiger partial charge in [0, 0.05) is 6.61 Å². The Bertz CT molecular complexity index is 307. The third-order valence-corrected chi connectivity index (χ3v) is 2.20. The Hall–Kier alpha value is -0.970. The summed E-state index contributed by atoms with van der Waals surface area (Å²) in [5.74, 6) is -0.444. The molecule has 0 heterocycles. The normalized spacial score (nSPS) is 15.0. The van der Waals surface area contributed by atoms with Crippen LogP contribution in [0, 0.1) is 12.7 Å². The van der Waals surface area contributed by atoms with Gasteiger partial charge in [0.25, 0.3) is 0 Å². The lowest BCUT2D eigenvalue weighted by atomic mass is 10.0. The van der Waals surface area contributed by atoms with Gasteiger partial charge in [-0.25, -0.2) is 4.39 Å². The number of hydrogen-bond acceptors (Lipinski definition) is 3. The van der Waals surface area contributed by atoms with Crippen LogP contribution in [0.25, 0.3) is 0 Å². The van der Waals surface area contributed by atoms with E-state index in [1.165, 1.54) is 12.1 Å². The molecule has 1 rings (SSSR count). The van der Waals surface area contributed by atoms with E-state index in [4.69, 9.17) is 5.11 Å². The summed E-state index contributed by atoms with van der Waals surface area (Å²) in [6.45, 7) is 1.49. The molecule has 3 N–H and O–H groups in total. The smallest absolute Gasteiger partial charge is 0.123 e. The topological polar surface area (TPSA) is 60.7 Å². The molecule has 0 aliphatic carbocycles. The maximum absolute atomic E-state index is 13.0. The zero-order valence-corrected chi connectivity index (χ0v) is 8.52. The summed E-state index contributed by atoms with van der Waals surface area (Å²) in [6.07, 6.45) is -2.17. The highest BCUT2D eigenvalue weighted by Gasteiger charge is 2.18. The third kappa shape index (κ3) is 3.27. The van der Waals surface area contributed by atoms with E-state index in [0.717, 1.165) is 0 Å². The average Bonchev–Trinajstić information content (AvgIpc) is 2.15. The second-order valence-corrected chi connectivity index (χ2v) is 3.59. The van der Waals surface area contributed by atoms with Crippen molar-refractivity contribution in [2.45, 2.75) is 25.6 Å². The van der Waals surface area contributed by atoms with E-state index in [2.05, 4.69) is 0 Å². The lowest BCUT2D eigenvalue weighted by Crippen LogP contribution is -2.19. The first-order chi connectivity index (χ1) is 7.04. The van der Waals surface area contributed by atoms with Crippen LogP contribution in [-0.2, 0) is 0 Å². The quantitative estimate of drug-likeness (QED) is 0.698. The summed E-state index contributed by atoms with van der Waals surface area (Å²) < 4.78 is 13.0. The van der Waals surface area contributed by atoms with Gasteiger partial charge in [-0.2, -0.15) is 0 Å². The predicted molar refractivity (Wildman–Crippen MR) is 53.8 cm³/mol. The number of rotatable bonds is 4. The van der Waals surface area contributed by atoms with Gasteiger partial charge < -0.3 is 15.3 Å². The van der Waals surface area contributed by atoms with Gasteiger partial charge in [-0.3, -0.25) is 0 Å². The Morgan fingerprint density at radius 3 is 2.47 bits per heavy atom. The zero-order chi connectivity index (χ0) is 11.4. The molecule has 0 saturated carbocycles. The molecule has 0 amide bonds. The van der Waals surface area contributed by atoms with Gasteiger partial charge in [-0.05, 0) is 36.6 Å². The lowest BCUT2D eigenvalue weighted by molar-refractivity contribution is 0.00405. The van der Waals surface area contributed by atoms with E-state index >= 15 is 0 Å². The van der Waals surface area contributed by atoms with Gasteiger partial charge in [-0.15, -0.1) is 0 Å². The maximum atomic E-state index is 13.0. The number of benzene rings is 1. The summed E-state index contributed by atoms with van der Waals surface area (Å²) in [5, 5.41) is 27.7. The van der Waals surface area contributed by atoms with Crippen LogP contribution in [0.3, 0.4) is 0 Å². The zero-order valence-electron chi connectivity index (χ0n) is 8.52. The molecule has 1 aromatic carbocycles. The minimum atomic E-state index is -1.16. The predicted octanol–water partition coefficient (Wildman–Crippen LogP) is 0.911. The Labute approximate surface area is 87.8 Å². The molecule has 0 aliphatic heterocycles. The van der Waals surface area contributed by atoms with Crippen molar-refractivity contribution >= 4 is 0 Å². The fraction of sp³-hybridized carbons (Fsp3) is 0.455. The summed E-state index contributed by atoms with van der Waals surface area (Å²) in [6, 6.07) is 4.13. The van der Waals surface area contributed by atoms with Gasteiger partial charge >= 0.3 is 0 Å². The van der Waals surface area contributed by atoms with Crippen LogP contribution in [-0.4, -0.2) is 28.0 Å². The van der Waals surface area contributed by atoms with Crippen molar-refractivity contribution in [3.63, 3.8) is 0 Å². The molecule has 84 valence electrons. The van der Waals surface area contributed by atoms with Crippen LogP contribution in [0.15, 0.2) is 18.2 Å². The van der Waals surface area contributed by atoms with E-state index < -0.39 is 18.0 Å². The first kappa shape index (κ1) is 12.1. The van der Waals surface area contributed by atoms with Crippen molar-refractivity contribution in [3.05, 3.63) is 35.1 Å². The minimum Gasteiger partial charge on any atom is -0.396 e.